The second-order valence-corrected chi connectivity index (χ2v) is 31.8. The van der Waals surface area contributed by atoms with Crippen LogP contribution in [-0.4, -0.2) is 108 Å². The molecule has 6 saturated heterocycles. The third-order valence-corrected chi connectivity index (χ3v) is 26.7. The van der Waals surface area contributed by atoms with E-state index in [-0.39, 0.29) is 65.3 Å². The highest BCUT2D eigenvalue weighted by Gasteiger charge is 2.75. The van der Waals surface area contributed by atoms with Crippen molar-refractivity contribution in [3.05, 3.63) is 22.3 Å². The highest BCUT2D eigenvalue weighted by atomic mass is 32.3. The molecular weight excluding hydrogens is 1000 g/mol. The first-order chi connectivity index (χ1) is 34.6. The van der Waals surface area contributed by atoms with E-state index in [4.69, 9.17) is 27.3 Å². The molecule has 424 valence electrons. The molecule has 0 aromatic heterocycles. The number of aliphatic hydroxyl groups is 3. The Bertz CT molecular complexity index is 2650. The first-order valence-electron chi connectivity index (χ1n) is 29.1. The summed E-state index contributed by atoms with van der Waals surface area (Å²) >= 11 is 0. The van der Waals surface area contributed by atoms with Crippen LogP contribution in [0.4, 0.5) is 0 Å². The molecule has 4 saturated carbocycles. The van der Waals surface area contributed by atoms with Crippen molar-refractivity contribution in [2.75, 3.05) is 13.2 Å². The molecule has 5 N–H and O–H groups in total. The molecule has 21 atom stereocenters. The van der Waals surface area contributed by atoms with Gasteiger partial charge in [-0.2, -0.15) is 16.8 Å². The van der Waals surface area contributed by atoms with Gasteiger partial charge in [-0.1, -0.05) is 77.7 Å². The van der Waals surface area contributed by atoms with E-state index in [1.165, 1.54) is 22.3 Å². The van der Waals surface area contributed by atoms with Crippen LogP contribution in [-0.2, 0) is 48.1 Å². The van der Waals surface area contributed by atoms with Crippen molar-refractivity contribution in [1.82, 2.24) is 0 Å². The summed E-state index contributed by atoms with van der Waals surface area (Å²) in [7, 11) is -9.60. The number of hydrogen-bond acceptors (Lipinski definition) is 13. The van der Waals surface area contributed by atoms with Crippen molar-refractivity contribution in [2.24, 2.45) is 85.8 Å². The standard InChI is InChI=1S/C58H90O15S2/c1-31(36-13-15-38-35-26-44(72-75(65,66)67)48-50(5,6)58(61)45(59)28-56(48,30-69-58)41(35)19-20-52(36,38)9)12-17-46-54(11)27-33(51(7,8)73-54)24-42(70-46)32(2)37-14-16-39-34-25-43(71-74(62,63)64)47-49(3,4)57(60)23-22-55(47,29-68-57)40(34)18-21-53(37,39)10/h31-33,36-39,42-48,59-61H,12-30H2,1-11H3,(H,62,63,64)(H,65,66,67)/t31-,32+,33-,36-,37-,38+,39+,42-,43+,44+,45+,46+,47+,48+,52-,53-,54-,55+,56+,57+,58+/m1/s1. The van der Waals surface area contributed by atoms with Gasteiger partial charge < -0.3 is 34.3 Å². The van der Waals surface area contributed by atoms with E-state index >= 15 is 0 Å². The number of aliphatic hydroxyl groups excluding tert-OH is 1. The Hall–Kier alpha value is -1.06. The van der Waals surface area contributed by atoms with Gasteiger partial charge in [-0.25, -0.2) is 8.37 Å². The molecular formula is C58H90O15S2. The summed E-state index contributed by atoms with van der Waals surface area (Å²) in [5.74, 6) is -1.95. The van der Waals surface area contributed by atoms with E-state index in [1.807, 2.05) is 27.7 Å². The lowest BCUT2D eigenvalue weighted by Crippen LogP contribution is -2.76. The highest BCUT2D eigenvalue weighted by molar-refractivity contribution is 7.81. The Morgan fingerprint density at radius 2 is 1.23 bits per heavy atom. The quantitative estimate of drug-likeness (QED) is 0.101. The van der Waals surface area contributed by atoms with Crippen molar-refractivity contribution in [3.63, 3.8) is 0 Å². The third kappa shape index (κ3) is 7.52. The molecule has 15 nitrogen and oxygen atoms in total. The molecule has 6 bridgehead atoms. The van der Waals surface area contributed by atoms with E-state index in [0.717, 1.165) is 77.0 Å². The molecule has 10 fully saturated rings. The number of rotatable bonds is 10. The first kappa shape index (κ1) is 54.5. The Morgan fingerprint density at radius 1 is 0.680 bits per heavy atom. The summed E-state index contributed by atoms with van der Waals surface area (Å²) in [6, 6.07) is 0. The average molecular weight is 1090 g/mol. The van der Waals surface area contributed by atoms with Crippen LogP contribution in [0.3, 0.4) is 0 Å². The van der Waals surface area contributed by atoms with Crippen LogP contribution in [0.25, 0.3) is 0 Å². The number of fused-ring (bicyclic) bond motifs is 10. The Morgan fingerprint density at radius 3 is 1.79 bits per heavy atom. The van der Waals surface area contributed by atoms with Gasteiger partial charge in [0.05, 0.1) is 48.8 Å². The van der Waals surface area contributed by atoms with Gasteiger partial charge >= 0.3 is 20.8 Å². The smallest absolute Gasteiger partial charge is 0.387 e. The topological polar surface area (TPSA) is 225 Å². The summed E-state index contributed by atoms with van der Waals surface area (Å²) in [6.07, 6.45) is 10.6. The molecule has 0 aromatic carbocycles. The summed E-state index contributed by atoms with van der Waals surface area (Å²) < 4.78 is 109. The van der Waals surface area contributed by atoms with Gasteiger partial charge in [-0.15, -0.1) is 0 Å². The van der Waals surface area contributed by atoms with Crippen LogP contribution >= 0.6 is 0 Å². The van der Waals surface area contributed by atoms with Crippen molar-refractivity contribution in [1.29, 1.82) is 0 Å². The Labute approximate surface area is 447 Å². The average Bonchev–Trinajstić information content (AvgIpc) is 3.98. The van der Waals surface area contributed by atoms with Crippen LogP contribution in [0.15, 0.2) is 22.3 Å². The molecule has 0 radical (unpaired) electrons. The maximum Gasteiger partial charge on any atom is 0.397 e. The normalized spacial score (nSPS) is 51.8. The summed E-state index contributed by atoms with van der Waals surface area (Å²) in [5.41, 5.74) is 1.22. The highest BCUT2D eigenvalue weighted by Crippen LogP contribution is 2.74. The first-order valence-corrected chi connectivity index (χ1v) is 31.9. The lowest BCUT2D eigenvalue weighted by molar-refractivity contribution is -0.408. The molecule has 0 aromatic rings. The van der Waals surface area contributed by atoms with E-state index in [2.05, 4.69) is 48.5 Å². The molecule has 0 unspecified atom stereocenters. The van der Waals surface area contributed by atoms with Gasteiger partial charge in [0.25, 0.3) is 0 Å². The van der Waals surface area contributed by atoms with Gasteiger partial charge in [0.2, 0.25) is 0 Å². The fourth-order valence-corrected chi connectivity index (χ4v) is 23.4. The van der Waals surface area contributed by atoms with Crippen LogP contribution in [0.2, 0.25) is 0 Å². The number of ether oxygens (including phenoxy) is 4. The minimum atomic E-state index is -4.83. The Kier molecular flexibility index (Phi) is 12.2. The van der Waals surface area contributed by atoms with E-state index in [9.17, 15) is 41.3 Å². The van der Waals surface area contributed by atoms with E-state index in [1.54, 1.807) is 0 Å². The van der Waals surface area contributed by atoms with Gasteiger partial charge in [0, 0.05) is 39.9 Å². The minimum absolute atomic E-state index is 0.0253. The zero-order chi connectivity index (χ0) is 54.1. The second kappa shape index (κ2) is 16.8. The molecule has 14 rings (SSSR count). The molecule has 8 aliphatic carbocycles. The van der Waals surface area contributed by atoms with Crippen LogP contribution in [0, 0.1) is 85.8 Å². The SMILES string of the molecule is C[C@@H]([C@H]1CC[C@H]2C3=C(CC[C@]12C)[C@]12CC[C@](O)(OC1)C(C)(C)[C@@H]2[C@@H](OS(=O)(=O)O)C3)[C@H]1C[C@@H]2C[C@@](C)(OC2(C)C)[C@H](CC[C@@H](C)[C@H]2CC[C@H]3C4=C(CC[C@]23C)[C@@]23CO[C@@](O)([C@@H](O)C2)C(C)(C)[C@@H]3[C@@H](OS(=O)(=O)O)C4)O1. The molecule has 6 heterocycles. The maximum absolute atomic E-state index is 12.6. The molecule has 6 aliphatic heterocycles. The molecule has 0 amide bonds. The second-order valence-electron chi connectivity index (χ2n) is 29.7. The van der Waals surface area contributed by atoms with Gasteiger partial charge in [0.1, 0.15) is 6.10 Å². The van der Waals surface area contributed by atoms with Crippen molar-refractivity contribution < 1.29 is 68.6 Å². The fourth-order valence-electron chi connectivity index (χ4n) is 22.4. The predicted octanol–water partition coefficient (Wildman–Crippen LogP) is 9.45. The summed E-state index contributed by atoms with van der Waals surface area (Å²) in [4.78, 5) is 0. The van der Waals surface area contributed by atoms with Gasteiger partial charge in [0.15, 0.2) is 11.6 Å². The Balaban J connectivity index is 0.788. The van der Waals surface area contributed by atoms with Crippen LogP contribution < -0.4 is 0 Å². The minimum Gasteiger partial charge on any atom is -0.387 e. The van der Waals surface area contributed by atoms with Gasteiger partial charge in [-0.3, -0.25) is 9.11 Å². The summed E-state index contributed by atoms with van der Waals surface area (Å²) in [6.45, 7) is 24.6. The molecule has 2 spiro atoms. The lowest BCUT2D eigenvalue weighted by atomic mass is 9.42. The zero-order valence-corrected chi connectivity index (χ0v) is 48.3. The van der Waals surface area contributed by atoms with Crippen LogP contribution in [0.5, 0.6) is 0 Å². The molecule has 14 aliphatic rings. The number of hydrogen-bond donors (Lipinski definition) is 5. The zero-order valence-electron chi connectivity index (χ0n) is 46.7. The maximum atomic E-state index is 12.6. The fraction of sp³-hybridized carbons (Fsp3) is 0.931. The van der Waals surface area contributed by atoms with Crippen molar-refractivity contribution in [2.45, 2.75) is 239 Å². The van der Waals surface area contributed by atoms with E-state index in [0.29, 0.717) is 56.0 Å². The van der Waals surface area contributed by atoms with Gasteiger partial charge in [-0.05, 0) is 176 Å². The molecule has 75 heavy (non-hydrogen) atoms. The predicted molar refractivity (Wildman–Crippen MR) is 277 cm³/mol. The lowest BCUT2D eigenvalue weighted by Gasteiger charge is -2.69. The van der Waals surface area contributed by atoms with Crippen molar-refractivity contribution >= 4 is 20.8 Å². The largest absolute Gasteiger partial charge is 0.397 e. The summed E-state index contributed by atoms with van der Waals surface area (Å²) in [5, 5.41) is 35.0. The monoisotopic (exact) mass is 1090 g/mol. The molecule has 17 heteroatoms. The van der Waals surface area contributed by atoms with Crippen molar-refractivity contribution in [3.8, 4) is 0 Å². The van der Waals surface area contributed by atoms with Crippen LogP contribution in [0.1, 0.15) is 185 Å². The third-order valence-electron chi connectivity index (χ3n) is 25.7. The van der Waals surface area contributed by atoms with E-state index < -0.39 is 83.9 Å².